The highest BCUT2D eigenvalue weighted by atomic mass is 16.2. The molecule has 0 unspecified atom stereocenters. The van der Waals surface area contributed by atoms with Crippen LogP contribution in [-0.4, -0.2) is 47.8 Å². The normalized spacial score (nSPS) is 14.9. The summed E-state index contributed by atoms with van der Waals surface area (Å²) in [6.45, 7) is 3.35. The smallest absolute Gasteiger partial charge is 0.266 e. The maximum atomic E-state index is 12.7. The molecule has 0 radical (unpaired) electrons. The molecular formula is C22H23N5O2. The average molecular weight is 389 g/mol. The largest absolute Gasteiger partial charge is 0.398 e. The van der Waals surface area contributed by atoms with Crippen molar-refractivity contribution in [3.63, 3.8) is 0 Å². The summed E-state index contributed by atoms with van der Waals surface area (Å²) < 4.78 is 0. The van der Waals surface area contributed by atoms with E-state index in [0.29, 0.717) is 24.3 Å². The molecule has 1 aliphatic heterocycles. The van der Waals surface area contributed by atoms with Crippen molar-refractivity contribution in [2.75, 3.05) is 31.9 Å². The van der Waals surface area contributed by atoms with Gasteiger partial charge in [0, 0.05) is 44.6 Å². The number of piperazine rings is 1. The molecule has 1 heterocycles. The van der Waals surface area contributed by atoms with Crippen LogP contribution < -0.4 is 11.1 Å². The minimum Gasteiger partial charge on any atom is -0.398 e. The van der Waals surface area contributed by atoms with E-state index in [1.54, 1.807) is 29.2 Å². The van der Waals surface area contributed by atoms with Gasteiger partial charge in [-0.3, -0.25) is 14.5 Å². The SMILES string of the molecule is N#C/C(=C/NC(=O)c1ccccc1N)C(=O)N1CCN(Cc2ccccc2)CC1. The molecule has 1 aliphatic rings. The number of carbonyl (C=O) groups excluding carboxylic acids is 2. The summed E-state index contributed by atoms with van der Waals surface area (Å²) in [5, 5.41) is 11.9. The van der Waals surface area contributed by atoms with Gasteiger partial charge in [0.25, 0.3) is 11.8 Å². The van der Waals surface area contributed by atoms with E-state index in [-0.39, 0.29) is 11.5 Å². The predicted molar refractivity (Wildman–Crippen MR) is 110 cm³/mol. The Hall–Kier alpha value is -3.63. The van der Waals surface area contributed by atoms with Crippen LogP contribution in [0, 0.1) is 11.3 Å². The first-order valence-corrected chi connectivity index (χ1v) is 9.39. The number of hydrogen-bond acceptors (Lipinski definition) is 5. The Kier molecular flexibility index (Phi) is 6.61. The number of nitriles is 1. The van der Waals surface area contributed by atoms with E-state index in [2.05, 4.69) is 22.3 Å². The first-order chi connectivity index (χ1) is 14.1. The van der Waals surface area contributed by atoms with Crippen molar-refractivity contribution in [1.82, 2.24) is 15.1 Å². The lowest BCUT2D eigenvalue weighted by Gasteiger charge is -2.34. The van der Waals surface area contributed by atoms with E-state index in [4.69, 9.17) is 5.73 Å². The van der Waals surface area contributed by atoms with Gasteiger partial charge in [-0.2, -0.15) is 5.26 Å². The third-order valence-electron chi connectivity index (χ3n) is 4.81. The minimum absolute atomic E-state index is 0.107. The fourth-order valence-electron chi connectivity index (χ4n) is 3.18. The van der Waals surface area contributed by atoms with Crippen LogP contribution in [0.1, 0.15) is 15.9 Å². The summed E-state index contributed by atoms with van der Waals surface area (Å²) in [4.78, 5) is 28.8. The average Bonchev–Trinajstić information content (AvgIpc) is 2.75. The number of anilines is 1. The second-order valence-electron chi connectivity index (χ2n) is 6.78. The molecule has 3 rings (SSSR count). The molecule has 7 heteroatoms. The van der Waals surface area contributed by atoms with Gasteiger partial charge in [-0.25, -0.2) is 0 Å². The highest BCUT2D eigenvalue weighted by molar-refractivity contribution is 6.01. The van der Waals surface area contributed by atoms with E-state index in [1.807, 2.05) is 24.3 Å². The lowest BCUT2D eigenvalue weighted by molar-refractivity contribution is -0.128. The van der Waals surface area contributed by atoms with Crippen LogP contribution in [-0.2, 0) is 11.3 Å². The zero-order valence-electron chi connectivity index (χ0n) is 16.0. The summed E-state index contributed by atoms with van der Waals surface area (Å²) in [6.07, 6.45) is 1.16. The Morgan fingerprint density at radius 1 is 1.03 bits per heavy atom. The lowest BCUT2D eigenvalue weighted by atomic mass is 10.1. The maximum absolute atomic E-state index is 12.7. The van der Waals surface area contributed by atoms with Crippen molar-refractivity contribution in [2.24, 2.45) is 0 Å². The molecule has 3 N–H and O–H groups in total. The number of rotatable bonds is 5. The molecule has 0 bridgehead atoms. The fraction of sp³-hybridized carbons (Fsp3) is 0.227. The molecule has 29 heavy (non-hydrogen) atoms. The lowest BCUT2D eigenvalue weighted by Crippen LogP contribution is -2.48. The second kappa shape index (κ2) is 9.53. The Bertz CT molecular complexity index is 941. The number of carbonyl (C=O) groups is 2. The summed E-state index contributed by atoms with van der Waals surface area (Å²) in [7, 11) is 0. The minimum atomic E-state index is -0.462. The first kappa shape index (κ1) is 20.1. The number of para-hydroxylation sites is 1. The van der Waals surface area contributed by atoms with Crippen molar-refractivity contribution in [3.8, 4) is 6.07 Å². The monoisotopic (exact) mass is 389 g/mol. The molecule has 2 aromatic rings. The molecule has 0 aromatic heterocycles. The van der Waals surface area contributed by atoms with Gasteiger partial charge in [0.15, 0.2) is 0 Å². The molecule has 1 fully saturated rings. The highest BCUT2D eigenvalue weighted by Crippen LogP contribution is 2.12. The number of nitrogens with one attached hydrogen (secondary N) is 1. The predicted octanol–water partition coefficient (Wildman–Crippen LogP) is 1.75. The van der Waals surface area contributed by atoms with Crippen LogP contribution in [0.4, 0.5) is 5.69 Å². The molecular weight excluding hydrogens is 366 g/mol. The van der Waals surface area contributed by atoms with E-state index >= 15 is 0 Å². The topological polar surface area (TPSA) is 102 Å². The molecule has 7 nitrogen and oxygen atoms in total. The van der Waals surface area contributed by atoms with Gasteiger partial charge in [0.05, 0.1) is 5.56 Å². The summed E-state index contributed by atoms with van der Waals surface area (Å²) in [5.74, 6) is -0.843. The fourth-order valence-corrected chi connectivity index (χ4v) is 3.18. The van der Waals surface area contributed by atoms with Gasteiger partial charge in [-0.1, -0.05) is 42.5 Å². The van der Waals surface area contributed by atoms with Gasteiger partial charge in [-0.05, 0) is 17.7 Å². The molecule has 1 saturated heterocycles. The van der Waals surface area contributed by atoms with E-state index in [9.17, 15) is 14.9 Å². The van der Waals surface area contributed by atoms with Crippen LogP contribution in [0.15, 0.2) is 66.4 Å². The number of hydrogen-bond donors (Lipinski definition) is 2. The quantitative estimate of drug-likeness (QED) is 0.461. The number of nitrogens with two attached hydrogens (primary N) is 1. The standard InChI is InChI=1S/C22H23N5O2/c23-14-18(15-25-21(28)19-8-4-5-9-20(19)24)22(29)27-12-10-26(11-13-27)16-17-6-2-1-3-7-17/h1-9,15H,10-13,16,24H2,(H,25,28)/b18-15-. The molecule has 0 aliphatic carbocycles. The van der Waals surface area contributed by atoms with Crippen LogP contribution in [0.25, 0.3) is 0 Å². The zero-order chi connectivity index (χ0) is 20.6. The van der Waals surface area contributed by atoms with Gasteiger partial charge < -0.3 is 16.0 Å². The number of nitrogen functional groups attached to an aromatic ring is 1. The second-order valence-corrected chi connectivity index (χ2v) is 6.78. The molecule has 148 valence electrons. The van der Waals surface area contributed by atoms with Crippen molar-refractivity contribution >= 4 is 17.5 Å². The van der Waals surface area contributed by atoms with E-state index in [0.717, 1.165) is 25.8 Å². The third-order valence-corrected chi connectivity index (χ3v) is 4.81. The number of amides is 2. The van der Waals surface area contributed by atoms with E-state index < -0.39 is 5.91 Å². The molecule has 0 atom stereocenters. The number of nitrogens with zero attached hydrogens (tertiary/aromatic N) is 3. The van der Waals surface area contributed by atoms with Crippen molar-refractivity contribution in [1.29, 1.82) is 5.26 Å². The molecule has 0 saturated carbocycles. The molecule has 0 spiro atoms. The number of benzene rings is 2. The third kappa shape index (κ3) is 5.21. The van der Waals surface area contributed by atoms with Crippen molar-refractivity contribution in [3.05, 3.63) is 77.5 Å². The van der Waals surface area contributed by atoms with E-state index in [1.165, 1.54) is 5.56 Å². The first-order valence-electron chi connectivity index (χ1n) is 9.39. The Labute approximate surface area is 170 Å². The highest BCUT2D eigenvalue weighted by Gasteiger charge is 2.24. The summed E-state index contributed by atoms with van der Waals surface area (Å²) in [6, 6.07) is 18.7. The van der Waals surface area contributed by atoms with Gasteiger partial charge in [-0.15, -0.1) is 0 Å². The molecule has 2 aromatic carbocycles. The maximum Gasteiger partial charge on any atom is 0.266 e. The van der Waals surface area contributed by atoms with Crippen LogP contribution in [0.5, 0.6) is 0 Å². The van der Waals surface area contributed by atoms with Gasteiger partial charge in [0.1, 0.15) is 11.6 Å². The van der Waals surface area contributed by atoms with Crippen molar-refractivity contribution < 1.29 is 9.59 Å². The van der Waals surface area contributed by atoms with Gasteiger partial charge in [0.2, 0.25) is 0 Å². The summed E-state index contributed by atoms with van der Waals surface area (Å²) in [5.41, 5.74) is 7.53. The van der Waals surface area contributed by atoms with Crippen LogP contribution in [0.3, 0.4) is 0 Å². The Morgan fingerprint density at radius 3 is 2.34 bits per heavy atom. The Balaban J connectivity index is 1.56. The summed E-state index contributed by atoms with van der Waals surface area (Å²) >= 11 is 0. The van der Waals surface area contributed by atoms with Gasteiger partial charge >= 0.3 is 0 Å². The zero-order valence-corrected chi connectivity index (χ0v) is 16.0. The van der Waals surface area contributed by atoms with Crippen LogP contribution >= 0.6 is 0 Å². The Morgan fingerprint density at radius 2 is 1.69 bits per heavy atom. The van der Waals surface area contributed by atoms with Crippen LogP contribution in [0.2, 0.25) is 0 Å². The molecule has 2 amide bonds. The van der Waals surface area contributed by atoms with Crippen molar-refractivity contribution in [2.45, 2.75) is 6.54 Å².